The molecule has 0 spiro atoms. The summed E-state index contributed by atoms with van der Waals surface area (Å²) in [5, 5.41) is 12.4. The number of carbonyl (C=O) groups excluding carboxylic acids is 2. The van der Waals surface area contributed by atoms with Gasteiger partial charge in [0.05, 0.1) is 17.9 Å². The molecule has 152 valence electrons. The molecule has 1 amide bonds. The average molecular weight is 431 g/mol. The highest BCUT2D eigenvalue weighted by Crippen LogP contribution is 2.28. The SMILES string of the molecule is CCOC(=O)c1cc(C)sc1NC(=O)CSc1nnc(Cc2ccccc2)n1C. The summed E-state index contributed by atoms with van der Waals surface area (Å²) in [5.41, 5.74) is 1.54. The van der Waals surface area contributed by atoms with Crippen molar-refractivity contribution in [3.05, 3.63) is 58.2 Å². The number of hydrogen-bond acceptors (Lipinski definition) is 7. The monoisotopic (exact) mass is 430 g/mol. The maximum atomic E-state index is 12.4. The van der Waals surface area contributed by atoms with E-state index in [2.05, 4.69) is 15.5 Å². The van der Waals surface area contributed by atoms with E-state index < -0.39 is 5.97 Å². The van der Waals surface area contributed by atoms with Crippen molar-refractivity contribution in [3.8, 4) is 0 Å². The van der Waals surface area contributed by atoms with E-state index in [1.807, 2.05) is 48.9 Å². The third kappa shape index (κ3) is 5.45. The number of rotatable bonds is 8. The molecule has 0 unspecified atom stereocenters. The van der Waals surface area contributed by atoms with Crippen molar-refractivity contribution in [1.82, 2.24) is 14.8 Å². The molecule has 0 bridgehead atoms. The van der Waals surface area contributed by atoms with E-state index in [9.17, 15) is 9.59 Å². The molecular weight excluding hydrogens is 408 g/mol. The molecule has 7 nitrogen and oxygen atoms in total. The highest BCUT2D eigenvalue weighted by atomic mass is 32.2. The topological polar surface area (TPSA) is 86.1 Å². The van der Waals surface area contributed by atoms with Crippen LogP contribution in [0.5, 0.6) is 0 Å². The molecule has 0 aliphatic carbocycles. The molecule has 0 radical (unpaired) electrons. The summed E-state index contributed by atoms with van der Waals surface area (Å²) in [5.74, 6) is 0.350. The zero-order valence-corrected chi connectivity index (χ0v) is 18.1. The molecule has 0 aliphatic heterocycles. The molecular formula is C20H22N4O3S2. The van der Waals surface area contributed by atoms with Crippen molar-refractivity contribution in [3.63, 3.8) is 0 Å². The standard InChI is InChI=1S/C20H22N4O3S2/c1-4-27-19(26)15-10-13(2)29-18(15)21-17(25)12-28-20-23-22-16(24(20)3)11-14-8-6-5-7-9-14/h5-10H,4,11-12H2,1-3H3,(H,21,25). The summed E-state index contributed by atoms with van der Waals surface area (Å²) in [6.45, 7) is 3.92. The van der Waals surface area contributed by atoms with Gasteiger partial charge in [-0.1, -0.05) is 42.1 Å². The number of nitrogens with one attached hydrogen (secondary N) is 1. The van der Waals surface area contributed by atoms with Gasteiger partial charge in [-0.25, -0.2) is 4.79 Å². The molecule has 9 heteroatoms. The van der Waals surface area contributed by atoms with Crippen LogP contribution in [0.1, 0.15) is 33.5 Å². The van der Waals surface area contributed by atoms with Crippen molar-refractivity contribution in [2.24, 2.45) is 7.05 Å². The molecule has 0 saturated heterocycles. The highest BCUT2D eigenvalue weighted by Gasteiger charge is 2.18. The minimum absolute atomic E-state index is 0.163. The van der Waals surface area contributed by atoms with Crippen LogP contribution in [0.25, 0.3) is 0 Å². The number of nitrogens with zero attached hydrogens (tertiary/aromatic N) is 3. The molecule has 2 aromatic heterocycles. The van der Waals surface area contributed by atoms with Crippen molar-refractivity contribution in [1.29, 1.82) is 0 Å². The van der Waals surface area contributed by atoms with Gasteiger partial charge < -0.3 is 14.6 Å². The Hall–Kier alpha value is -2.65. The predicted molar refractivity (Wildman–Crippen MR) is 115 cm³/mol. The molecule has 3 aromatic rings. The Morgan fingerprint density at radius 1 is 1.24 bits per heavy atom. The lowest BCUT2D eigenvalue weighted by Gasteiger charge is -2.06. The highest BCUT2D eigenvalue weighted by molar-refractivity contribution is 7.99. The molecule has 0 atom stereocenters. The summed E-state index contributed by atoms with van der Waals surface area (Å²) in [4.78, 5) is 25.4. The molecule has 0 fully saturated rings. The van der Waals surface area contributed by atoms with Gasteiger partial charge in [-0.15, -0.1) is 21.5 Å². The van der Waals surface area contributed by atoms with Crippen LogP contribution in [0.4, 0.5) is 5.00 Å². The smallest absolute Gasteiger partial charge is 0.341 e. The van der Waals surface area contributed by atoms with Crippen molar-refractivity contribution in [2.45, 2.75) is 25.4 Å². The Balaban J connectivity index is 1.60. The number of ether oxygens (including phenoxy) is 1. The minimum atomic E-state index is -0.432. The number of thiophene rings is 1. The van der Waals surface area contributed by atoms with Gasteiger partial charge in [0.25, 0.3) is 0 Å². The Labute approximate surface area is 177 Å². The Bertz CT molecular complexity index is 999. The summed E-state index contributed by atoms with van der Waals surface area (Å²) in [6.07, 6.45) is 0.675. The van der Waals surface area contributed by atoms with Crippen LogP contribution in [0, 0.1) is 6.92 Å². The number of aromatic nitrogens is 3. The molecule has 1 aromatic carbocycles. The summed E-state index contributed by atoms with van der Waals surface area (Å²) < 4.78 is 6.94. The van der Waals surface area contributed by atoms with Crippen LogP contribution in [0.15, 0.2) is 41.6 Å². The first-order valence-electron chi connectivity index (χ1n) is 9.10. The number of amides is 1. The molecule has 29 heavy (non-hydrogen) atoms. The summed E-state index contributed by atoms with van der Waals surface area (Å²) in [7, 11) is 1.89. The maximum absolute atomic E-state index is 12.4. The molecule has 3 rings (SSSR count). The van der Waals surface area contributed by atoms with Crippen LogP contribution >= 0.6 is 23.1 Å². The van der Waals surface area contributed by atoms with E-state index in [1.54, 1.807) is 13.0 Å². The number of anilines is 1. The van der Waals surface area contributed by atoms with Gasteiger partial charge in [-0.3, -0.25) is 4.79 Å². The Morgan fingerprint density at radius 2 is 2.00 bits per heavy atom. The fourth-order valence-corrected chi connectivity index (χ4v) is 4.31. The van der Waals surface area contributed by atoms with Crippen LogP contribution < -0.4 is 5.32 Å². The van der Waals surface area contributed by atoms with Crippen LogP contribution in [-0.2, 0) is 23.0 Å². The maximum Gasteiger partial charge on any atom is 0.341 e. The summed E-state index contributed by atoms with van der Waals surface area (Å²) >= 11 is 2.65. The first-order valence-corrected chi connectivity index (χ1v) is 10.9. The van der Waals surface area contributed by atoms with E-state index in [-0.39, 0.29) is 18.3 Å². The van der Waals surface area contributed by atoms with E-state index in [0.29, 0.717) is 22.1 Å². The van der Waals surface area contributed by atoms with E-state index in [1.165, 1.54) is 23.1 Å². The van der Waals surface area contributed by atoms with Gasteiger partial charge in [0, 0.05) is 18.3 Å². The number of esters is 1. The third-order valence-corrected chi connectivity index (χ3v) is 6.05. The van der Waals surface area contributed by atoms with Gasteiger partial charge in [-0.05, 0) is 25.5 Å². The van der Waals surface area contributed by atoms with Gasteiger partial charge in [0.15, 0.2) is 5.16 Å². The number of thioether (sulfide) groups is 1. The number of aryl methyl sites for hydroxylation is 1. The average Bonchev–Trinajstić information content (AvgIpc) is 3.24. The quantitative estimate of drug-likeness (QED) is 0.433. The zero-order valence-electron chi connectivity index (χ0n) is 16.5. The minimum Gasteiger partial charge on any atom is -0.462 e. The van der Waals surface area contributed by atoms with Gasteiger partial charge in [0.2, 0.25) is 5.91 Å². The number of hydrogen-bond donors (Lipinski definition) is 1. The van der Waals surface area contributed by atoms with E-state index in [4.69, 9.17) is 4.74 Å². The predicted octanol–water partition coefficient (Wildman–Crippen LogP) is 3.68. The van der Waals surface area contributed by atoms with E-state index in [0.717, 1.165) is 16.3 Å². The molecule has 2 heterocycles. The largest absolute Gasteiger partial charge is 0.462 e. The second-order valence-electron chi connectivity index (χ2n) is 6.28. The van der Waals surface area contributed by atoms with Crippen molar-refractivity contribution < 1.29 is 14.3 Å². The first-order chi connectivity index (χ1) is 14.0. The third-order valence-electron chi connectivity index (χ3n) is 4.07. The zero-order chi connectivity index (χ0) is 20.8. The lowest BCUT2D eigenvalue weighted by molar-refractivity contribution is -0.113. The van der Waals surface area contributed by atoms with Crippen LogP contribution in [0.2, 0.25) is 0 Å². The lowest BCUT2D eigenvalue weighted by atomic mass is 10.1. The van der Waals surface area contributed by atoms with Crippen LogP contribution in [-0.4, -0.2) is 39.0 Å². The van der Waals surface area contributed by atoms with E-state index >= 15 is 0 Å². The molecule has 0 saturated carbocycles. The Kier molecular flexibility index (Phi) is 7.05. The first kappa shape index (κ1) is 21.1. The second kappa shape index (κ2) is 9.71. The van der Waals surface area contributed by atoms with Gasteiger partial charge in [0.1, 0.15) is 10.8 Å². The lowest BCUT2D eigenvalue weighted by Crippen LogP contribution is -2.16. The number of benzene rings is 1. The van der Waals surface area contributed by atoms with Gasteiger partial charge in [-0.2, -0.15) is 0 Å². The second-order valence-corrected chi connectivity index (χ2v) is 8.48. The van der Waals surface area contributed by atoms with Gasteiger partial charge >= 0.3 is 5.97 Å². The van der Waals surface area contributed by atoms with Crippen LogP contribution in [0.3, 0.4) is 0 Å². The fourth-order valence-electron chi connectivity index (χ4n) is 2.66. The van der Waals surface area contributed by atoms with Crippen molar-refractivity contribution >= 4 is 40.0 Å². The molecule has 1 N–H and O–H groups in total. The molecule has 0 aliphatic rings. The fraction of sp³-hybridized carbons (Fsp3) is 0.300. The number of carbonyl (C=O) groups is 2. The Morgan fingerprint density at radius 3 is 2.72 bits per heavy atom. The summed E-state index contributed by atoms with van der Waals surface area (Å²) in [6, 6.07) is 11.8. The normalized spacial score (nSPS) is 10.7. The van der Waals surface area contributed by atoms with Crippen molar-refractivity contribution in [2.75, 3.05) is 17.7 Å².